The van der Waals surface area contributed by atoms with Crippen molar-refractivity contribution < 1.29 is 0 Å². The molecular formula is C20H19N3S2. The molecule has 0 amide bonds. The molecule has 3 rings (SSSR count). The standard InChI is InChI=1S/C20H19N3S2/c1-25-18-12-10-17(11-13-18)23(20(21)24)19-9-5-8-16(22-19)14-15-6-3-2-4-7-15/h2-13H,14H2,1H3,(H2,21,24). The third-order valence-electron chi connectivity index (χ3n) is 3.80. The Morgan fingerprint density at radius 2 is 1.72 bits per heavy atom. The van der Waals surface area contributed by atoms with Crippen LogP contribution in [0.3, 0.4) is 0 Å². The lowest BCUT2D eigenvalue weighted by atomic mass is 10.1. The number of anilines is 2. The molecule has 2 N–H and O–H groups in total. The van der Waals surface area contributed by atoms with Crippen molar-refractivity contribution in [2.45, 2.75) is 11.3 Å². The average Bonchev–Trinajstić information content (AvgIpc) is 2.63. The number of aromatic nitrogens is 1. The van der Waals surface area contributed by atoms with E-state index in [4.69, 9.17) is 22.9 Å². The Labute approximate surface area is 157 Å². The number of hydrogen-bond donors (Lipinski definition) is 1. The second-order valence-corrected chi connectivity index (χ2v) is 6.82. The van der Waals surface area contributed by atoms with E-state index in [1.165, 1.54) is 10.5 Å². The summed E-state index contributed by atoms with van der Waals surface area (Å²) in [7, 11) is 0. The van der Waals surface area contributed by atoms with E-state index >= 15 is 0 Å². The molecule has 126 valence electrons. The van der Waals surface area contributed by atoms with Gasteiger partial charge in [0.1, 0.15) is 5.82 Å². The normalized spacial score (nSPS) is 10.4. The van der Waals surface area contributed by atoms with E-state index in [9.17, 15) is 0 Å². The van der Waals surface area contributed by atoms with Crippen molar-refractivity contribution in [3.05, 3.63) is 84.1 Å². The molecule has 0 radical (unpaired) electrons. The second-order valence-electron chi connectivity index (χ2n) is 5.52. The van der Waals surface area contributed by atoms with Crippen molar-refractivity contribution in [3.63, 3.8) is 0 Å². The Morgan fingerprint density at radius 1 is 1.00 bits per heavy atom. The molecule has 0 aliphatic carbocycles. The molecule has 0 saturated heterocycles. The second kappa shape index (κ2) is 8.14. The minimum atomic E-state index is 0.279. The Hall–Kier alpha value is -2.37. The Morgan fingerprint density at radius 3 is 2.36 bits per heavy atom. The molecular weight excluding hydrogens is 346 g/mol. The van der Waals surface area contributed by atoms with Crippen molar-refractivity contribution in [3.8, 4) is 0 Å². The average molecular weight is 366 g/mol. The zero-order valence-electron chi connectivity index (χ0n) is 13.9. The topological polar surface area (TPSA) is 42.1 Å². The molecule has 0 saturated carbocycles. The van der Waals surface area contributed by atoms with Crippen molar-refractivity contribution in [1.29, 1.82) is 0 Å². The fourth-order valence-electron chi connectivity index (χ4n) is 2.60. The largest absolute Gasteiger partial charge is 0.376 e. The first-order valence-electron chi connectivity index (χ1n) is 7.91. The highest BCUT2D eigenvalue weighted by atomic mass is 32.2. The summed E-state index contributed by atoms with van der Waals surface area (Å²) in [5.41, 5.74) is 9.10. The quantitative estimate of drug-likeness (QED) is 0.521. The number of hydrogen-bond acceptors (Lipinski definition) is 3. The lowest BCUT2D eigenvalue weighted by molar-refractivity contribution is 1.06. The lowest BCUT2D eigenvalue weighted by Gasteiger charge is -2.22. The molecule has 5 heteroatoms. The van der Waals surface area contributed by atoms with Crippen LogP contribution in [-0.2, 0) is 6.42 Å². The van der Waals surface area contributed by atoms with Gasteiger partial charge in [-0.15, -0.1) is 11.8 Å². The van der Waals surface area contributed by atoms with E-state index in [0.29, 0.717) is 0 Å². The zero-order chi connectivity index (χ0) is 17.6. The van der Waals surface area contributed by atoms with Crippen LogP contribution in [-0.4, -0.2) is 16.4 Å². The Kier molecular flexibility index (Phi) is 5.68. The Balaban J connectivity index is 1.91. The fourth-order valence-corrected chi connectivity index (χ4v) is 3.21. The van der Waals surface area contributed by atoms with Gasteiger partial charge in [-0.05, 0) is 60.4 Å². The van der Waals surface area contributed by atoms with Crippen LogP contribution >= 0.6 is 24.0 Å². The number of thioether (sulfide) groups is 1. The first-order chi connectivity index (χ1) is 12.2. The molecule has 0 bridgehead atoms. The van der Waals surface area contributed by atoms with Gasteiger partial charge >= 0.3 is 0 Å². The summed E-state index contributed by atoms with van der Waals surface area (Å²) >= 11 is 6.97. The monoisotopic (exact) mass is 365 g/mol. The predicted octanol–water partition coefficient (Wildman–Crippen LogP) is 4.78. The summed E-state index contributed by atoms with van der Waals surface area (Å²) in [5, 5.41) is 0.279. The summed E-state index contributed by atoms with van der Waals surface area (Å²) in [6, 6.07) is 24.3. The molecule has 2 aromatic carbocycles. The van der Waals surface area contributed by atoms with Crippen LogP contribution in [0, 0.1) is 0 Å². The van der Waals surface area contributed by atoms with Gasteiger partial charge in [-0.25, -0.2) is 4.98 Å². The number of nitrogens with zero attached hydrogens (tertiary/aromatic N) is 2. The molecule has 0 fully saturated rings. The number of benzene rings is 2. The van der Waals surface area contributed by atoms with E-state index in [0.717, 1.165) is 23.6 Å². The Bertz CT molecular complexity index is 848. The minimum absolute atomic E-state index is 0.279. The molecule has 0 atom stereocenters. The van der Waals surface area contributed by atoms with E-state index in [2.05, 4.69) is 30.5 Å². The first-order valence-corrected chi connectivity index (χ1v) is 9.54. The molecule has 1 aromatic heterocycles. The van der Waals surface area contributed by atoms with Gasteiger partial charge in [0.2, 0.25) is 0 Å². The van der Waals surface area contributed by atoms with Gasteiger partial charge in [0, 0.05) is 22.7 Å². The molecule has 25 heavy (non-hydrogen) atoms. The van der Waals surface area contributed by atoms with E-state index < -0.39 is 0 Å². The van der Waals surface area contributed by atoms with Gasteiger partial charge in [0.15, 0.2) is 5.11 Å². The first kappa shape index (κ1) is 17.5. The fraction of sp³-hybridized carbons (Fsp3) is 0.100. The number of thiocarbonyl (C=S) groups is 1. The molecule has 3 aromatic rings. The van der Waals surface area contributed by atoms with E-state index in [-0.39, 0.29) is 5.11 Å². The highest BCUT2D eigenvalue weighted by Crippen LogP contribution is 2.26. The summed E-state index contributed by atoms with van der Waals surface area (Å²) < 4.78 is 0. The van der Waals surface area contributed by atoms with Crippen LogP contribution in [0.15, 0.2) is 77.7 Å². The lowest BCUT2D eigenvalue weighted by Crippen LogP contribution is -2.31. The molecule has 0 spiro atoms. The van der Waals surface area contributed by atoms with Crippen molar-refractivity contribution in [2.75, 3.05) is 11.2 Å². The van der Waals surface area contributed by atoms with Gasteiger partial charge < -0.3 is 5.73 Å². The van der Waals surface area contributed by atoms with Gasteiger partial charge in [-0.1, -0.05) is 36.4 Å². The summed E-state index contributed by atoms with van der Waals surface area (Å²) in [6.07, 6.45) is 2.82. The van der Waals surface area contributed by atoms with Crippen LogP contribution < -0.4 is 10.6 Å². The molecule has 0 aliphatic heterocycles. The zero-order valence-corrected chi connectivity index (χ0v) is 15.6. The molecule has 0 aliphatic rings. The molecule has 3 nitrogen and oxygen atoms in total. The maximum Gasteiger partial charge on any atom is 0.176 e. The molecule has 0 unspecified atom stereocenters. The molecule has 1 heterocycles. The van der Waals surface area contributed by atoms with Gasteiger partial charge in [-0.3, -0.25) is 4.90 Å². The maximum absolute atomic E-state index is 5.99. The van der Waals surface area contributed by atoms with Crippen LogP contribution in [0.2, 0.25) is 0 Å². The van der Waals surface area contributed by atoms with E-state index in [1.54, 1.807) is 16.7 Å². The summed E-state index contributed by atoms with van der Waals surface area (Å²) in [6.45, 7) is 0. The van der Waals surface area contributed by atoms with Crippen molar-refractivity contribution >= 4 is 40.6 Å². The number of nitrogens with two attached hydrogens (primary N) is 1. The van der Waals surface area contributed by atoms with Crippen LogP contribution in [0.1, 0.15) is 11.3 Å². The SMILES string of the molecule is CSc1ccc(N(C(N)=S)c2cccc(Cc3ccccc3)n2)cc1. The maximum atomic E-state index is 5.99. The predicted molar refractivity (Wildman–Crippen MR) is 111 cm³/mol. The van der Waals surface area contributed by atoms with Crippen LogP contribution in [0.25, 0.3) is 0 Å². The van der Waals surface area contributed by atoms with Gasteiger partial charge in [0.05, 0.1) is 0 Å². The van der Waals surface area contributed by atoms with Crippen LogP contribution in [0.5, 0.6) is 0 Å². The number of pyridine rings is 1. The highest BCUT2D eigenvalue weighted by molar-refractivity contribution is 7.98. The van der Waals surface area contributed by atoms with Gasteiger partial charge in [-0.2, -0.15) is 0 Å². The van der Waals surface area contributed by atoms with E-state index in [1.807, 2.05) is 48.5 Å². The smallest absolute Gasteiger partial charge is 0.176 e. The van der Waals surface area contributed by atoms with Crippen LogP contribution in [0.4, 0.5) is 11.5 Å². The summed E-state index contributed by atoms with van der Waals surface area (Å²) in [5.74, 6) is 0.734. The third kappa shape index (κ3) is 4.38. The van der Waals surface area contributed by atoms with Gasteiger partial charge in [0.25, 0.3) is 0 Å². The van der Waals surface area contributed by atoms with Crippen molar-refractivity contribution in [1.82, 2.24) is 4.98 Å². The number of rotatable bonds is 5. The third-order valence-corrected chi connectivity index (χ3v) is 4.73. The minimum Gasteiger partial charge on any atom is -0.376 e. The summed E-state index contributed by atoms with van der Waals surface area (Å²) in [4.78, 5) is 7.75. The van der Waals surface area contributed by atoms with Crippen molar-refractivity contribution in [2.24, 2.45) is 5.73 Å². The highest BCUT2D eigenvalue weighted by Gasteiger charge is 2.14.